The van der Waals surface area contributed by atoms with Gasteiger partial charge in [0.1, 0.15) is 30.5 Å². The van der Waals surface area contributed by atoms with Gasteiger partial charge in [0.25, 0.3) is 0 Å². The largest absolute Gasteiger partial charge is 0.491 e. The molecular formula is C26H27ClF4N4O3. The second kappa shape index (κ2) is 13.5. The first-order valence-corrected chi connectivity index (χ1v) is 12.1. The molecule has 1 N–H and O–H groups in total. The number of hydrogen-bond donors (Lipinski definition) is 1. The van der Waals surface area contributed by atoms with Gasteiger partial charge in [0.05, 0.1) is 23.4 Å². The molecule has 4 rings (SSSR count). The number of alkyl halides is 3. The number of piperazine rings is 1. The second-order valence-corrected chi connectivity index (χ2v) is 8.92. The van der Waals surface area contributed by atoms with Gasteiger partial charge in [-0.1, -0.05) is 35.0 Å². The number of nitrogens with zero attached hydrogens (tertiary/aromatic N) is 4. The number of aryl methyl sites for hydroxylation is 1. The van der Waals surface area contributed by atoms with Gasteiger partial charge in [-0.15, -0.1) is 4.91 Å². The van der Waals surface area contributed by atoms with Crippen LogP contribution in [0.2, 0.25) is 5.02 Å². The lowest BCUT2D eigenvalue weighted by atomic mass is 10.0. The summed E-state index contributed by atoms with van der Waals surface area (Å²) >= 11 is 6.49. The van der Waals surface area contributed by atoms with Crippen molar-refractivity contribution < 1.29 is 27.4 Å². The van der Waals surface area contributed by atoms with Crippen molar-refractivity contribution >= 4 is 17.3 Å². The van der Waals surface area contributed by atoms with E-state index in [0.717, 1.165) is 22.9 Å². The number of aromatic nitrogens is 1. The van der Waals surface area contributed by atoms with Crippen molar-refractivity contribution in [3.63, 3.8) is 0 Å². The van der Waals surface area contributed by atoms with E-state index in [1.807, 2.05) is 11.0 Å². The van der Waals surface area contributed by atoms with E-state index in [-0.39, 0.29) is 31.7 Å². The Morgan fingerprint density at radius 2 is 1.87 bits per heavy atom. The van der Waals surface area contributed by atoms with Gasteiger partial charge in [0.2, 0.25) is 0 Å². The van der Waals surface area contributed by atoms with Crippen molar-refractivity contribution in [2.24, 2.45) is 5.18 Å². The lowest BCUT2D eigenvalue weighted by Gasteiger charge is -2.42. The van der Waals surface area contributed by atoms with Gasteiger partial charge in [-0.05, 0) is 48.4 Å². The van der Waals surface area contributed by atoms with Crippen LogP contribution in [0.4, 0.5) is 23.2 Å². The molecule has 0 saturated carbocycles. The first kappa shape index (κ1) is 29.3. The molecule has 1 aliphatic rings. The van der Waals surface area contributed by atoms with Gasteiger partial charge >= 0.3 is 6.18 Å². The van der Waals surface area contributed by atoms with Crippen LogP contribution in [-0.4, -0.2) is 54.5 Å². The fraction of sp³-hybridized carbons (Fsp3) is 0.346. The Morgan fingerprint density at radius 3 is 2.45 bits per heavy atom. The standard InChI is InChI=1S/C19H21ClFN3O3.C7H6F3N/c20-17-11-16(27-10-9-25)5-6-18(17)24-8-7-23(13-22-26)12-19(24)14-1-3-15(21)4-2-14;1-5-2-3-6(11-4-5)7(8,9)10/h1-6,11,19,25H,7-10,12-13H2;2-4H,1H3/t19-;/m0./s1. The molecule has 38 heavy (non-hydrogen) atoms. The summed E-state index contributed by atoms with van der Waals surface area (Å²) in [4.78, 5) is 18.0. The van der Waals surface area contributed by atoms with Gasteiger partial charge in [0, 0.05) is 31.9 Å². The number of benzene rings is 2. The lowest BCUT2D eigenvalue weighted by Crippen LogP contribution is -2.48. The van der Waals surface area contributed by atoms with Crippen molar-refractivity contribution in [3.8, 4) is 5.75 Å². The molecule has 204 valence electrons. The van der Waals surface area contributed by atoms with Crippen molar-refractivity contribution in [3.05, 3.63) is 93.4 Å². The zero-order valence-corrected chi connectivity index (χ0v) is 21.3. The highest BCUT2D eigenvalue weighted by Crippen LogP contribution is 2.37. The number of hydrogen-bond acceptors (Lipinski definition) is 7. The van der Waals surface area contributed by atoms with Gasteiger partial charge in [-0.25, -0.2) is 4.39 Å². The number of anilines is 1. The van der Waals surface area contributed by atoms with E-state index in [2.05, 4.69) is 15.1 Å². The average molecular weight is 555 g/mol. The molecule has 0 spiro atoms. The topological polar surface area (TPSA) is 78.3 Å². The molecule has 3 aromatic rings. The highest BCUT2D eigenvalue weighted by Gasteiger charge is 2.32. The first-order valence-electron chi connectivity index (χ1n) is 11.7. The van der Waals surface area contributed by atoms with Crippen molar-refractivity contribution in [2.75, 3.05) is 44.4 Å². The molecule has 1 aromatic heterocycles. The lowest BCUT2D eigenvalue weighted by molar-refractivity contribution is -0.141. The van der Waals surface area contributed by atoms with Crippen LogP contribution in [0.1, 0.15) is 22.9 Å². The summed E-state index contributed by atoms with van der Waals surface area (Å²) in [5, 5.41) is 12.4. The molecule has 0 aliphatic carbocycles. The first-order chi connectivity index (χ1) is 18.1. The Labute approximate surface area is 222 Å². The molecule has 2 aromatic carbocycles. The Balaban J connectivity index is 0.000000304. The SMILES string of the molecule is Cc1ccc(C(F)(F)F)nc1.O=NCN1CCN(c2ccc(OCCO)cc2Cl)[C@H](c2ccc(F)cc2)C1. The second-order valence-electron chi connectivity index (χ2n) is 8.51. The highest BCUT2D eigenvalue weighted by molar-refractivity contribution is 6.33. The van der Waals surface area contributed by atoms with E-state index >= 15 is 0 Å². The molecular weight excluding hydrogens is 528 g/mol. The molecule has 0 bridgehead atoms. The van der Waals surface area contributed by atoms with Crippen LogP contribution in [0.25, 0.3) is 0 Å². The molecule has 1 aliphatic heterocycles. The smallest absolute Gasteiger partial charge is 0.433 e. The minimum atomic E-state index is -4.33. The average Bonchev–Trinajstić information content (AvgIpc) is 2.88. The van der Waals surface area contributed by atoms with E-state index in [9.17, 15) is 22.5 Å². The Bertz CT molecular complexity index is 1180. The number of nitroso groups, excluding NO2 is 1. The third-order valence-electron chi connectivity index (χ3n) is 5.77. The molecule has 1 atom stereocenters. The van der Waals surface area contributed by atoms with Gasteiger partial charge in [-0.2, -0.15) is 13.2 Å². The highest BCUT2D eigenvalue weighted by atomic mass is 35.5. The van der Waals surface area contributed by atoms with Crippen molar-refractivity contribution in [2.45, 2.75) is 19.1 Å². The van der Waals surface area contributed by atoms with Crippen LogP contribution >= 0.6 is 11.6 Å². The van der Waals surface area contributed by atoms with Crippen LogP contribution in [0.5, 0.6) is 5.75 Å². The van der Waals surface area contributed by atoms with E-state index in [1.165, 1.54) is 24.4 Å². The molecule has 12 heteroatoms. The summed E-state index contributed by atoms with van der Waals surface area (Å²) in [5.74, 6) is 0.288. The maximum atomic E-state index is 13.3. The predicted molar refractivity (Wildman–Crippen MR) is 137 cm³/mol. The van der Waals surface area contributed by atoms with Crippen LogP contribution in [0, 0.1) is 17.6 Å². The van der Waals surface area contributed by atoms with Crippen LogP contribution in [0.15, 0.2) is 66.0 Å². The molecule has 1 fully saturated rings. The molecule has 0 radical (unpaired) electrons. The third-order valence-corrected chi connectivity index (χ3v) is 6.07. The van der Waals surface area contributed by atoms with Crippen LogP contribution in [-0.2, 0) is 6.18 Å². The minimum Gasteiger partial charge on any atom is -0.491 e. The van der Waals surface area contributed by atoms with Gasteiger partial charge < -0.3 is 14.7 Å². The Hall–Kier alpha value is -3.28. The number of aliphatic hydroxyl groups excluding tert-OH is 1. The predicted octanol–water partition coefficient (Wildman–Crippen LogP) is 5.85. The summed E-state index contributed by atoms with van der Waals surface area (Å²) in [6, 6.07) is 14.0. The quantitative estimate of drug-likeness (QED) is 0.292. The van der Waals surface area contributed by atoms with Crippen molar-refractivity contribution in [1.29, 1.82) is 0 Å². The summed E-state index contributed by atoms with van der Waals surface area (Å²) in [7, 11) is 0. The van der Waals surface area contributed by atoms with Gasteiger partial charge in [-0.3, -0.25) is 9.88 Å². The third kappa shape index (κ3) is 8.11. The normalized spacial score (nSPS) is 16.0. The van der Waals surface area contributed by atoms with E-state index in [1.54, 1.807) is 31.2 Å². The van der Waals surface area contributed by atoms with Crippen LogP contribution < -0.4 is 9.64 Å². The maximum absolute atomic E-state index is 13.3. The van der Waals surface area contributed by atoms with E-state index in [0.29, 0.717) is 30.4 Å². The summed E-state index contributed by atoms with van der Waals surface area (Å²) in [6.45, 7) is 3.83. The Morgan fingerprint density at radius 1 is 1.13 bits per heavy atom. The molecule has 2 heterocycles. The molecule has 0 unspecified atom stereocenters. The van der Waals surface area contributed by atoms with E-state index < -0.39 is 11.9 Å². The molecule has 1 saturated heterocycles. The minimum absolute atomic E-state index is 0.0707. The fourth-order valence-corrected chi connectivity index (χ4v) is 4.20. The zero-order valence-electron chi connectivity index (χ0n) is 20.5. The summed E-state index contributed by atoms with van der Waals surface area (Å²) in [5.41, 5.74) is 1.64. The maximum Gasteiger partial charge on any atom is 0.433 e. The van der Waals surface area contributed by atoms with Crippen molar-refractivity contribution in [1.82, 2.24) is 9.88 Å². The summed E-state index contributed by atoms with van der Waals surface area (Å²) in [6.07, 6.45) is -3.13. The number of pyridine rings is 1. The number of rotatable bonds is 7. The molecule has 0 amide bonds. The Kier molecular flexibility index (Phi) is 10.4. The zero-order chi connectivity index (χ0) is 27.7. The number of ether oxygens (including phenoxy) is 1. The summed E-state index contributed by atoms with van der Waals surface area (Å²) < 4.78 is 54.3. The van der Waals surface area contributed by atoms with Crippen LogP contribution in [0.3, 0.4) is 0 Å². The number of aliphatic hydroxyl groups is 1. The monoisotopic (exact) mass is 554 g/mol. The van der Waals surface area contributed by atoms with Gasteiger partial charge in [0.15, 0.2) is 0 Å². The molecule has 7 nitrogen and oxygen atoms in total. The fourth-order valence-electron chi connectivity index (χ4n) is 3.92. The van der Waals surface area contributed by atoms with E-state index in [4.69, 9.17) is 21.4 Å². The number of halogens is 5.